The maximum Gasteiger partial charge on any atom is 0.276 e. The summed E-state index contributed by atoms with van der Waals surface area (Å²) in [5.41, 5.74) is 1.22. The molecule has 156 valence electrons. The van der Waals surface area contributed by atoms with E-state index >= 15 is 0 Å². The van der Waals surface area contributed by atoms with Crippen molar-refractivity contribution in [3.63, 3.8) is 0 Å². The van der Waals surface area contributed by atoms with E-state index in [4.69, 9.17) is 23.2 Å². The fourth-order valence-corrected chi connectivity index (χ4v) is 3.56. The third-order valence-electron chi connectivity index (χ3n) is 4.64. The van der Waals surface area contributed by atoms with Crippen LogP contribution in [0, 0.1) is 5.95 Å². The number of carbonyl (C=O) groups excluding carboxylic acids is 2. The average molecular weight is 468 g/mol. The number of halogens is 3. The van der Waals surface area contributed by atoms with E-state index in [1.165, 1.54) is 12.4 Å². The number of ketones is 1. The highest BCUT2D eigenvalue weighted by Crippen LogP contribution is 2.32. The van der Waals surface area contributed by atoms with Crippen molar-refractivity contribution in [2.45, 2.75) is 19.4 Å². The molecule has 1 aromatic carbocycles. The number of amides is 1. The summed E-state index contributed by atoms with van der Waals surface area (Å²) < 4.78 is 14.9. The molecule has 0 aliphatic carbocycles. The lowest BCUT2D eigenvalue weighted by molar-refractivity contribution is 0.0951. The molecule has 0 saturated heterocycles. The Bertz CT molecular complexity index is 1140. The Hall–Kier alpha value is -2.49. The standard InChI is InChI=1S/C19H14Cl2FN5O2.H2S/c1-10-9-26(12-2-3-13(20)14(21)5-12)19(29)18-11(6-24-27(10)18)4-16(28)15-7-23-8-17(22)25-15;/h2-3,5-8,10H,4,9H2,1H3;1H2/t10-;/m0./s1. The molecule has 1 aliphatic rings. The van der Waals surface area contributed by atoms with E-state index in [1.807, 2.05) is 6.92 Å². The molecule has 0 spiro atoms. The SMILES string of the molecule is C[C@H]1CN(c2ccc(Cl)c(Cl)c2)C(=O)c2c(CC(=O)c3cncc(F)n3)cnn21.S. The Morgan fingerprint density at radius 3 is 2.70 bits per heavy atom. The summed E-state index contributed by atoms with van der Waals surface area (Å²) in [6.07, 6.45) is 3.43. The average Bonchev–Trinajstić information content (AvgIpc) is 3.11. The Morgan fingerprint density at radius 2 is 2.00 bits per heavy atom. The molecule has 30 heavy (non-hydrogen) atoms. The summed E-state index contributed by atoms with van der Waals surface area (Å²) in [6.45, 7) is 2.30. The van der Waals surface area contributed by atoms with Gasteiger partial charge in [0.05, 0.1) is 34.7 Å². The van der Waals surface area contributed by atoms with Crippen molar-refractivity contribution in [1.82, 2.24) is 19.7 Å². The van der Waals surface area contributed by atoms with Gasteiger partial charge in [0.2, 0.25) is 5.95 Å². The predicted molar refractivity (Wildman–Crippen MR) is 115 cm³/mol. The van der Waals surface area contributed by atoms with Gasteiger partial charge in [-0.25, -0.2) is 4.98 Å². The van der Waals surface area contributed by atoms with Crippen molar-refractivity contribution in [2.24, 2.45) is 0 Å². The second-order valence-corrected chi connectivity index (χ2v) is 7.47. The van der Waals surface area contributed by atoms with E-state index in [9.17, 15) is 14.0 Å². The van der Waals surface area contributed by atoms with Crippen LogP contribution in [-0.2, 0) is 6.42 Å². The topological polar surface area (TPSA) is 81.0 Å². The van der Waals surface area contributed by atoms with Gasteiger partial charge >= 0.3 is 0 Å². The van der Waals surface area contributed by atoms with Crippen molar-refractivity contribution >= 4 is 54.1 Å². The number of anilines is 1. The predicted octanol–water partition coefficient (Wildman–Crippen LogP) is 3.88. The number of hydrogen-bond donors (Lipinski definition) is 0. The summed E-state index contributed by atoms with van der Waals surface area (Å²) in [5, 5.41) is 5.00. The molecule has 7 nitrogen and oxygen atoms in total. The number of carbonyl (C=O) groups is 2. The highest BCUT2D eigenvalue weighted by Gasteiger charge is 2.34. The molecular weight excluding hydrogens is 452 g/mol. The first-order chi connectivity index (χ1) is 13.8. The summed E-state index contributed by atoms with van der Waals surface area (Å²) in [6, 6.07) is 4.82. The van der Waals surface area contributed by atoms with Gasteiger partial charge in [0.1, 0.15) is 11.4 Å². The minimum absolute atomic E-state index is 0. The zero-order valence-corrected chi connectivity index (χ0v) is 18.2. The molecular formula is C19H16Cl2FN5O2S. The van der Waals surface area contributed by atoms with Crippen LogP contribution in [0.15, 0.2) is 36.8 Å². The van der Waals surface area contributed by atoms with Gasteiger partial charge in [-0.05, 0) is 25.1 Å². The maximum absolute atomic E-state index is 13.3. The fourth-order valence-electron chi connectivity index (χ4n) is 3.26. The molecule has 0 unspecified atom stereocenters. The first-order valence-electron chi connectivity index (χ1n) is 8.69. The minimum Gasteiger partial charge on any atom is -0.305 e. The van der Waals surface area contributed by atoms with Gasteiger partial charge < -0.3 is 4.90 Å². The lowest BCUT2D eigenvalue weighted by Crippen LogP contribution is -2.43. The van der Waals surface area contributed by atoms with Gasteiger partial charge in [-0.2, -0.15) is 23.0 Å². The molecule has 4 rings (SSSR count). The number of nitrogens with zero attached hydrogens (tertiary/aromatic N) is 5. The van der Waals surface area contributed by atoms with Crippen LogP contribution in [0.25, 0.3) is 0 Å². The lowest BCUT2D eigenvalue weighted by Gasteiger charge is -2.32. The monoisotopic (exact) mass is 467 g/mol. The number of hydrogen-bond acceptors (Lipinski definition) is 5. The molecule has 11 heteroatoms. The van der Waals surface area contributed by atoms with E-state index in [0.717, 1.165) is 6.20 Å². The number of fused-ring (bicyclic) bond motifs is 1. The van der Waals surface area contributed by atoms with Crippen molar-refractivity contribution in [2.75, 3.05) is 11.4 Å². The van der Waals surface area contributed by atoms with Gasteiger partial charge in [-0.15, -0.1) is 0 Å². The van der Waals surface area contributed by atoms with Crippen LogP contribution in [0.1, 0.15) is 39.5 Å². The quantitative estimate of drug-likeness (QED) is 0.543. The molecule has 1 atom stereocenters. The number of aromatic nitrogens is 4. The molecule has 0 radical (unpaired) electrons. The summed E-state index contributed by atoms with van der Waals surface area (Å²) in [4.78, 5) is 34.5. The van der Waals surface area contributed by atoms with Gasteiger partial charge in [0.25, 0.3) is 5.91 Å². The normalized spacial score (nSPS) is 15.5. The van der Waals surface area contributed by atoms with Crippen LogP contribution < -0.4 is 4.90 Å². The zero-order valence-electron chi connectivity index (χ0n) is 15.6. The first kappa shape index (κ1) is 22.2. The molecule has 0 fully saturated rings. The van der Waals surface area contributed by atoms with E-state index in [2.05, 4.69) is 15.1 Å². The van der Waals surface area contributed by atoms with Gasteiger partial charge in [-0.1, -0.05) is 23.2 Å². The second kappa shape index (κ2) is 8.71. The molecule has 3 aromatic rings. The van der Waals surface area contributed by atoms with Crippen LogP contribution in [0.4, 0.5) is 10.1 Å². The van der Waals surface area contributed by atoms with Gasteiger partial charge in [-0.3, -0.25) is 19.3 Å². The van der Waals surface area contributed by atoms with Gasteiger partial charge in [0.15, 0.2) is 5.78 Å². The Labute approximate surface area is 188 Å². The van der Waals surface area contributed by atoms with Crippen LogP contribution >= 0.6 is 36.7 Å². The molecule has 0 bridgehead atoms. The summed E-state index contributed by atoms with van der Waals surface area (Å²) in [5.74, 6) is -1.62. The second-order valence-electron chi connectivity index (χ2n) is 6.65. The van der Waals surface area contributed by atoms with Crippen molar-refractivity contribution < 1.29 is 14.0 Å². The Balaban J connectivity index is 0.00000256. The highest BCUT2D eigenvalue weighted by molar-refractivity contribution is 7.59. The van der Waals surface area contributed by atoms with Crippen LogP contribution in [0.5, 0.6) is 0 Å². The Morgan fingerprint density at radius 1 is 1.23 bits per heavy atom. The lowest BCUT2D eigenvalue weighted by atomic mass is 10.0. The number of benzene rings is 1. The molecule has 3 heterocycles. The maximum atomic E-state index is 13.3. The van der Waals surface area contributed by atoms with E-state index in [0.29, 0.717) is 33.5 Å². The summed E-state index contributed by atoms with van der Waals surface area (Å²) >= 11 is 12.1. The van der Waals surface area contributed by atoms with E-state index in [1.54, 1.807) is 27.8 Å². The largest absolute Gasteiger partial charge is 0.305 e. The van der Waals surface area contributed by atoms with E-state index < -0.39 is 11.7 Å². The van der Waals surface area contributed by atoms with Crippen LogP contribution in [0.2, 0.25) is 10.0 Å². The van der Waals surface area contributed by atoms with Crippen molar-refractivity contribution in [1.29, 1.82) is 0 Å². The van der Waals surface area contributed by atoms with Crippen LogP contribution in [0.3, 0.4) is 0 Å². The van der Waals surface area contributed by atoms with Crippen molar-refractivity contribution in [3.8, 4) is 0 Å². The molecule has 0 saturated carbocycles. The third kappa shape index (κ3) is 4.05. The minimum atomic E-state index is -0.844. The third-order valence-corrected chi connectivity index (χ3v) is 5.38. The van der Waals surface area contributed by atoms with Crippen molar-refractivity contribution in [3.05, 3.63) is 69.7 Å². The molecule has 2 aromatic heterocycles. The first-order valence-corrected chi connectivity index (χ1v) is 9.44. The number of rotatable bonds is 4. The fraction of sp³-hybridized carbons (Fsp3) is 0.211. The molecule has 1 amide bonds. The van der Waals surface area contributed by atoms with Crippen LogP contribution in [-0.4, -0.2) is 38.0 Å². The zero-order chi connectivity index (χ0) is 20.7. The van der Waals surface area contributed by atoms with E-state index in [-0.39, 0.29) is 37.6 Å². The highest BCUT2D eigenvalue weighted by atomic mass is 35.5. The summed E-state index contributed by atoms with van der Waals surface area (Å²) in [7, 11) is 0. The molecule has 0 N–H and O–H groups in total. The smallest absolute Gasteiger partial charge is 0.276 e. The Kier molecular flexibility index (Phi) is 6.44. The van der Waals surface area contributed by atoms with Gasteiger partial charge in [0, 0.05) is 24.2 Å². The molecule has 1 aliphatic heterocycles. The number of Topliss-reactive ketones (excluding diaryl/α,β-unsaturated/α-hetero) is 1.